The van der Waals surface area contributed by atoms with E-state index in [1.165, 1.54) is 45.3 Å². The Morgan fingerprint density at radius 3 is 2.85 bits per heavy atom. The van der Waals surface area contributed by atoms with E-state index in [1.807, 2.05) is 19.2 Å². The maximum absolute atomic E-state index is 6.27. The van der Waals surface area contributed by atoms with Gasteiger partial charge in [0.05, 0.1) is 5.02 Å². The number of pyridine rings is 1. The van der Waals surface area contributed by atoms with Crippen LogP contribution in [0.3, 0.4) is 0 Å². The van der Waals surface area contributed by atoms with Crippen molar-refractivity contribution in [2.24, 2.45) is 4.99 Å². The lowest BCUT2D eigenvalue weighted by molar-refractivity contribution is 0.330. The molecule has 1 aromatic heterocycles. The van der Waals surface area contributed by atoms with Crippen LogP contribution < -0.4 is 15.5 Å². The van der Waals surface area contributed by atoms with Crippen LogP contribution in [0.4, 0.5) is 5.82 Å². The van der Waals surface area contributed by atoms with Crippen LogP contribution in [-0.4, -0.2) is 68.2 Å². The molecule has 0 saturated carbocycles. The maximum atomic E-state index is 6.27. The standard InChI is InChI=1S/C19H31ClN6.HI/c1-21-19(23-9-2-3-11-25-12-4-5-13-25)24-16-8-14-26(15-16)18-17(20)7-6-10-22-18;/h6-7,10,16H,2-5,8-9,11-15H2,1H3,(H2,21,23,24);1H. The zero-order valence-electron chi connectivity index (χ0n) is 16.2. The van der Waals surface area contributed by atoms with Gasteiger partial charge in [-0.2, -0.15) is 0 Å². The van der Waals surface area contributed by atoms with Crippen LogP contribution >= 0.6 is 35.6 Å². The molecule has 0 amide bonds. The summed E-state index contributed by atoms with van der Waals surface area (Å²) in [6.45, 7) is 6.63. The van der Waals surface area contributed by atoms with E-state index < -0.39 is 0 Å². The van der Waals surface area contributed by atoms with Crippen molar-refractivity contribution in [3.05, 3.63) is 23.4 Å². The summed E-state index contributed by atoms with van der Waals surface area (Å²) in [7, 11) is 1.84. The van der Waals surface area contributed by atoms with E-state index >= 15 is 0 Å². The van der Waals surface area contributed by atoms with E-state index in [-0.39, 0.29) is 24.0 Å². The fourth-order valence-corrected chi connectivity index (χ4v) is 3.98. The highest BCUT2D eigenvalue weighted by Gasteiger charge is 2.25. The fraction of sp³-hybridized carbons (Fsp3) is 0.684. The molecule has 1 unspecified atom stereocenters. The maximum Gasteiger partial charge on any atom is 0.191 e. The minimum absolute atomic E-state index is 0. The largest absolute Gasteiger partial charge is 0.356 e. The van der Waals surface area contributed by atoms with Crippen LogP contribution in [0.1, 0.15) is 32.1 Å². The van der Waals surface area contributed by atoms with E-state index in [2.05, 4.69) is 30.4 Å². The van der Waals surface area contributed by atoms with Gasteiger partial charge < -0.3 is 20.4 Å². The predicted molar refractivity (Wildman–Crippen MR) is 125 cm³/mol. The molecular formula is C19H32ClIN6. The Morgan fingerprint density at radius 2 is 2.11 bits per heavy atom. The molecule has 2 saturated heterocycles. The van der Waals surface area contributed by atoms with E-state index in [0.29, 0.717) is 11.1 Å². The summed E-state index contributed by atoms with van der Waals surface area (Å²) in [5.74, 6) is 1.77. The predicted octanol–water partition coefficient (Wildman–Crippen LogP) is 2.97. The number of aromatic nitrogens is 1. The number of anilines is 1. The first-order valence-corrected chi connectivity index (χ1v) is 10.2. The molecule has 0 spiro atoms. The summed E-state index contributed by atoms with van der Waals surface area (Å²) >= 11 is 6.27. The number of guanidine groups is 1. The molecule has 0 aromatic carbocycles. The Bertz CT molecular complexity index is 593. The number of hydrogen-bond donors (Lipinski definition) is 2. The highest BCUT2D eigenvalue weighted by Crippen LogP contribution is 2.25. The third-order valence-electron chi connectivity index (χ3n) is 5.18. The summed E-state index contributed by atoms with van der Waals surface area (Å²) in [6.07, 6.45) is 8.03. The number of aliphatic imine (C=N–C) groups is 1. The van der Waals surface area contributed by atoms with Gasteiger partial charge in [0.25, 0.3) is 0 Å². The zero-order valence-corrected chi connectivity index (χ0v) is 19.2. The Balaban J connectivity index is 0.00000261. The van der Waals surface area contributed by atoms with Gasteiger partial charge in [-0.15, -0.1) is 24.0 Å². The number of nitrogens with one attached hydrogen (secondary N) is 2. The van der Waals surface area contributed by atoms with Gasteiger partial charge in [0.2, 0.25) is 0 Å². The monoisotopic (exact) mass is 506 g/mol. The van der Waals surface area contributed by atoms with Crippen molar-refractivity contribution in [3.63, 3.8) is 0 Å². The number of halogens is 2. The van der Waals surface area contributed by atoms with E-state index in [4.69, 9.17) is 11.6 Å². The number of likely N-dealkylation sites (tertiary alicyclic amines) is 1. The van der Waals surface area contributed by atoms with Gasteiger partial charge in [-0.3, -0.25) is 4.99 Å². The highest BCUT2D eigenvalue weighted by molar-refractivity contribution is 14.0. The van der Waals surface area contributed by atoms with E-state index in [1.54, 1.807) is 6.20 Å². The fourth-order valence-electron chi connectivity index (χ4n) is 3.74. The van der Waals surface area contributed by atoms with Crippen molar-refractivity contribution in [3.8, 4) is 0 Å². The number of rotatable bonds is 7. The van der Waals surface area contributed by atoms with Gasteiger partial charge in [-0.05, 0) is 63.9 Å². The van der Waals surface area contributed by atoms with Crippen molar-refractivity contribution in [2.45, 2.75) is 38.1 Å². The highest BCUT2D eigenvalue weighted by atomic mass is 127. The molecule has 3 heterocycles. The lowest BCUT2D eigenvalue weighted by Crippen LogP contribution is -2.45. The van der Waals surface area contributed by atoms with Crippen LogP contribution in [0.2, 0.25) is 5.02 Å². The van der Waals surface area contributed by atoms with Gasteiger partial charge in [0.1, 0.15) is 5.82 Å². The van der Waals surface area contributed by atoms with Crippen LogP contribution in [0.5, 0.6) is 0 Å². The summed E-state index contributed by atoms with van der Waals surface area (Å²) in [5.41, 5.74) is 0. The second-order valence-electron chi connectivity index (χ2n) is 7.14. The lowest BCUT2D eigenvalue weighted by atomic mass is 10.2. The molecule has 27 heavy (non-hydrogen) atoms. The third kappa shape index (κ3) is 6.94. The topological polar surface area (TPSA) is 55.8 Å². The van der Waals surface area contributed by atoms with Crippen molar-refractivity contribution in [1.82, 2.24) is 20.5 Å². The SMILES string of the molecule is CN=C(NCCCCN1CCCC1)NC1CCN(c2ncccc2Cl)C1.I. The molecule has 2 aliphatic heterocycles. The molecule has 0 bridgehead atoms. The van der Waals surface area contributed by atoms with Crippen molar-refractivity contribution in [1.29, 1.82) is 0 Å². The number of nitrogens with zero attached hydrogens (tertiary/aromatic N) is 4. The Kier molecular flexibility index (Phi) is 9.92. The molecular weight excluding hydrogens is 475 g/mol. The summed E-state index contributed by atoms with van der Waals surface area (Å²) in [6, 6.07) is 4.13. The molecule has 1 aromatic rings. The minimum atomic E-state index is 0. The van der Waals surface area contributed by atoms with Crippen LogP contribution in [0.15, 0.2) is 23.3 Å². The molecule has 8 heteroatoms. The first kappa shape index (κ1) is 22.5. The van der Waals surface area contributed by atoms with E-state index in [0.717, 1.165) is 37.8 Å². The first-order valence-electron chi connectivity index (χ1n) is 9.81. The van der Waals surface area contributed by atoms with Gasteiger partial charge in [-0.25, -0.2) is 4.98 Å². The van der Waals surface area contributed by atoms with Gasteiger partial charge in [0.15, 0.2) is 5.96 Å². The molecule has 1 atom stereocenters. The number of hydrogen-bond acceptors (Lipinski definition) is 4. The van der Waals surface area contributed by atoms with Crippen LogP contribution in [0.25, 0.3) is 0 Å². The first-order chi connectivity index (χ1) is 12.8. The van der Waals surface area contributed by atoms with Gasteiger partial charge in [0, 0.05) is 38.9 Å². The third-order valence-corrected chi connectivity index (χ3v) is 5.48. The smallest absolute Gasteiger partial charge is 0.191 e. The van der Waals surface area contributed by atoms with Crippen molar-refractivity contribution < 1.29 is 0 Å². The second-order valence-corrected chi connectivity index (χ2v) is 7.55. The summed E-state index contributed by atoms with van der Waals surface area (Å²) < 4.78 is 0. The molecule has 2 fully saturated rings. The zero-order chi connectivity index (χ0) is 18.2. The molecule has 3 rings (SSSR count). The molecule has 6 nitrogen and oxygen atoms in total. The quantitative estimate of drug-likeness (QED) is 0.258. The molecule has 2 N–H and O–H groups in total. The summed E-state index contributed by atoms with van der Waals surface area (Å²) in [4.78, 5) is 13.6. The summed E-state index contributed by atoms with van der Waals surface area (Å²) in [5, 5.41) is 7.70. The minimum Gasteiger partial charge on any atom is -0.356 e. The van der Waals surface area contributed by atoms with Crippen molar-refractivity contribution >= 4 is 47.4 Å². The lowest BCUT2D eigenvalue weighted by Gasteiger charge is -2.20. The molecule has 0 aliphatic carbocycles. The Labute approximate surface area is 185 Å². The van der Waals surface area contributed by atoms with Crippen molar-refractivity contribution in [2.75, 3.05) is 51.2 Å². The van der Waals surface area contributed by atoms with Crippen LogP contribution in [-0.2, 0) is 0 Å². The molecule has 2 aliphatic rings. The average molecular weight is 507 g/mol. The van der Waals surface area contributed by atoms with Crippen LogP contribution in [0, 0.1) is 0 Å². The Morgan fingerprint density at radius 1 is 1.30 bits per heavy atom. The second kappa shape index (κ2) is 11.9. The number of unbranched alkanes of at least 4 members (excludes halogenated alkanes) is 1. The van der Waals surface area contributed by atoms with E-state index in [9.17, 15) is 0 Å². The Hall–Kier alpha value is -0.800. The molecule has 0 radical (unpaired) electrons. The molecule has 152 valence electrons. The average Bonchev–Trinajstić information content (AvgIpc) is 3.33. The normalized spacial score (nSPS) is 20.6. The van der Waals surface area contributed by atoms with Gasteiger partial charge >= 0.3 is 0 Å². The van der Waals surface area contributed by atoms with Gasteiger partial charge in [-0.1, -0.05) is 11.6 Å².